The minimum atomic E-state index is -0.390. The maximum atomic E-state index is 12.0. The zero-order valence-corrected chi connectivity index (χ0v) is 15.7. The van der Waals surface area contributed by atoms with Crippen LogP contribution >= 0.6 is 0 Å². The molecule has 0 aliphatic rings. The van der Waals surface area contributed by atoms with Gasteiger partial charge in [-0.1, -0.05) is 18.2 Å². The molecule has 1 amide bonds. The number of nitrogens with zero attached hydrogens (tertiary/aromatic N) is 1. The number of carbonyl (C=O) groups is 1. The van der Waals surface area contributed by atoms with Crippen LogP contribution in [0.2, 0.25) is 0 Å². The average Bonchev–Trinajstić information content (AvgIpc) is 2.69. The van der Waals surface area contributed by atoms with E-state index in [9.17, 15) is 4.79 Å². The van der Waals surface area contributed by atoms with Gasteiger partial charge in [-0.3, -0.25) is 4.79 Å². The number of para-hydroxylation sites is 3. The lowest BCUT2D eigenvalue weighted by atomic mass is 10.2. The third-order valence-electron chi connectivity index (χ3n) is 3.42. The molecule has 0 radical (unpaired) electrons. The van der Waals surface area contributed by atoms with Crippen LogP contribution in [0.4, 0.5) is 0 Å². The molecule has 7 nitrogen and oxygen atoms in total. The SMILES string of the molecule is CCOc1ccccc1OCC(=O)N/N=C/c1cccc(OC)c1OCC. The van der Waals surface area contributed by atoms with E-state index in [2.05, 4.69) is 10.5 Å². The van der Waals surface area contributed by atoms with Gasteiger partial charge < -0.3 is 18.9 Å². The number of hydrogen-bond donors (Lipinski definition) is 1. The summed E-state index contributed by atoms with van der Waals surface area (Å²) in [6.45, 7) is 4.58. The Balaban J connectivity index is 1.94. The Morgan fingerprint density at radius 2 is 1.63 bits per heavy atom. The van der Waals surface area contributed by atoms with E-state index in [0.29, 0.717) is 41.8 Å². The zero-order valence-electron chi connectivity index (χ0n) is 15.7. The quantitative estimate of drug-likeness (QED) is 0.512. The lowest BCUT2D eigenvalue weighted by molar-refractivity contribution is -0.123. The molecular formula is C20H24N2O5. The molecule has 0 heterocycles. The fourth-order valence-electron chi connectivity index (χ4n) is 2.29. The first kappa shape index (κ1) is 20.1. The maximum absolute atomic E-state index is 12.0. The molecule has 0 fully saturated rings. The Morgan fingerprint density at radius 3 is 2.30 bits per heavy atom. The van der Waals surface area contributed by atoms with Crippen molar-refractivity contribution in [3.05, 3.63) is 48.0 Å². The average molecular weight is 372 g/mol. The van der Waals surface area contributed by atoms with Crippen LogP contribution in [0.1, 0.15) is 19.4 Å². The van der Waals surface area contributed by atoms with Gasteiger partial charge >= 0.3 is 0 Å². The summed E-state index contributed by atoms with van der Waals surface area (Å²) in [6, 6.07) is 12.6. The van der Waals surface area contributed by atoms with Gasteiger partial charge in [0.05, 0.1) is 26.5 Å². The van der Waals surface area contributed by atoms with Crippen LogP contribution in [0.3, 0.4) is 0 Å². The fourth-order valence-corrected chi connectivity index (χ4v) is 2.29. The molecule has 2 aromatic rings. The van der Waals surface area contributed by atoms with Crippen molar-refractivity contribution in [2.75, 3.05) is 26.9 Å². The van der Waals surface area contributed by atoms with Crippen molar-refractivity contribution < 1.29 is 23.7 Å². The Bertz CT molecular complexity index is 777. The minimum absolute atomic E-state index is 0.183. The summed E-state index contributed by atoms with van der Waals surface area (Å²) in [5, 5.41) is 3.96. The Morgan fingerprint density at radius 1 is 0.963 bits per heavy atom. The van der Waals surface area contributed by atoms with E-state index in [4.69, 9.17) is 18.9 Å². The number of carbonyl (C=O) groups excluding carboxylic acids is 1. The van der Waals surface area contributed by atoms with Gasteiger partial charge in [0.2, 0.25) is 0 Å². The second-order valence-corrected chi connectivity index (χ2v) is 5.27. The molecule has 0 atom stereocenters. The third-order valence-corrected chi connectivity index (χ3v) is 3.42. The summed E-state index contributed by atoms with van der Waals surface area (Å²) in [7, 11) is 1.57. The molecule has 2 rings (SSSR count). The van der Waals surface area contributed by atoms with Crippen molar-refractivity contribution in [2.24, 2.45) is 5.10 Å². The van der Waals surface area contributed by atoms with Crippen molar-refractivity contribution in [2.45, 2.75) is 13.8 Å². The van der Waals surface area contributed by atoms with Gasteiger partial charge in [-0.05, 0) is 38.1 Å². The Hall–Kier alpha value is -3.22. The Kier molecular flexibility index (Phi) is 7.96. The third kappa shape index (κ3) is 5.91. The normalized spacial score (nSPS) is 10.5. The van der Waals surface area contributed by atoms with E-state index in [0.717, 1.165) is 0 Å². The fraction of sp³-hybridized carbons (Fsp3) is 0.300. The van der Waals surface area contributed by atoms with Gasteiger partial charge in [0, 0.05) is 5.56 Å². The molecule has 0 saturated carbocycles. The predicted molar refractivity (Wildman–Crippen MR) is 103 cm³/mol. The summed E-state index contributed by atoms with van der Waals surface area (Å²) < 4.78 is 21.8. The van der Waals surface area contributed by atoms with Gasteiger partial charge in [0.1, 0.15) is 0 Å². The molecule has 0 bridgehead atoms. The largest absolute Gasteiger partial charge is 0.493 e. The topological polar surface area (TPSA) is 78.4 Å². The van der Waals surface area contributed by atoms with Crippen LogP contribution in [0, 0.1) is 0 Å². The van der Waals surface area contributed by atoms with E-state index in [1.54, 1.807) is 25.3 Å². The number of hydrazone groups is 1. The van der Waals surface area contributed by atoms with Crippen molar-refractivity contribution in [1.29, 1.82) is 0 Å². The number of rotatable bonds is 10. The highest BCUT2D eigenvalue weighted by atomic mass is 16.5. The van der Waals surface area contributed by atoms with Gasteiger partial charge in [0.15, 0.2) is 29.6 Å². The van der Waals surface area contributed by atoms with Crippen LogP contribution in [-0.4, -0.2) is 39.1 Å². The number of ether oxygens (including phenoxy) is 4. The predicted octanol–water partition coefficient (Wildman–Crippen LogP) is 3.02. The molecular weight excluding hydrogens is 348 g/mol. The van der Waals surface area contributed by atoms with E-state index in [1.165, 1.54) is 6.21 Å². The maximum Gasteiger partial charge on any atom is 0.277 e. The summed E-state index contributed by atoms with van der Waals surface area (Å²) in [5.74, 6) is 1.88. The van der Waals surface area contributed by atoms with Gasteiger partial charge in [-0.25, -0.2) is 5.43 Å². The van der Waals surface area contributed by atoms with Gasteiger partial charge in [-0.15, -0.1) is 0 Å². The standard InChI is InChI=1S/C20H24N2O5/c1-4-25-16-10-6-7-11-17(16)27-14-19(23)22-21-13-15-9-8-12-18(24-3)20(15)26-5-2/h6-13H,4-5,14H2,1-3H3,(H,22,23)/b21-13+. The summed E-state index contributed by atoms with van der Waals surface area (Å²) >= 11 is 0. The van der Waals surface area contributed by atoms with Crippen LogP contribution in [0.5, 0.6) is 23.0 Å². The second-order valence-electron chi connectivity index (χ2n) is 5.27. The van der Waals surface area contributed by atoms with Crippen molar-refractivity contribution in [3.8, 4) is 23.0 Å². The van der Waals surface area contributed by atoms with Crippen molar-refractivity contribution in [1.82, 2.24) is 5.43 Å². The highest BCUT2D eigenvalue weighted by Crippen LogP contribution is 2.30. The Labute approximate surface area is 158 Å². The summed E-state index contributed by atoms with van der Waals surface area (Å²) in [5.41, 5.74) is 3.12. The first-order valence-electron chi connectivity index (χ1n) is 8.65. The second kappa shape index (κ2) is 10.7. The zero-order chi connectivity index (χ0) is 19.5. The molecule has 1 N–H and O–H groups in total. The van der Waals surface area contributed by atoms with Crippen molar-refractivity contribution >= 4 is 12.1 Å². The molecule has 0 aromatic heterocycles. The van der Waals surface area contributed by atoms with E-state index >= 15 is 0 Å². The molecule has 0 aliphatic heterocycles. The van der Waals surface area contributed by atoms with Crippen LogP contribution in [0.25, 0.3) is 0 Å². The number of hydrogen-bond acceptors (Lipinski definition) is 6. The first-order chi connectivity index (χ1) is 13.2. The summed E-state index contributed by atoms with van der Waals surface area (Å²) in [4.78, 5) is 12.0. The van der Waals surface area contributed by atoms with Crippen molar-refractivity contribution in [3.63, 3.8) is 0 Å². The number of amides is 1. The van der Waals surface area contributed by atoms with Crippen LogP contribution in [0.15, 0.2) is 47.6 Å². The molecule has 7 heteroatoms. The molecule has 0 unspecified atom stereocenters. The van der Waals surface area contributed by atoms with Crippen LogP contribution < -0.4 is 24.4 Å². The van der Waals surface area contributed by atoms with Gasteiger partial charge in [0.25, 0.3) is 5.91 Å². The molecule has 0 aliphatic carbocycles. The van der Waals surface area contributed by atoms with Crippen LogP contribution in [-0.2, 0) is 4.79 Å². The van der Waals surface area contributed by atoms with Gasteiger partial charge in [-0.2, -0.15) is 5.10 Å². The minimum Gasteiger partial charge on any atom is -0.493 e. The molecule has 144 valence electrons. The number of methoxy groups -OCH3 is 1. The van der Waals surface area contributed by atoms with E-state index in [1.807, 2.05) is 38.1 Å². The summed E-state index contributed by atoms with van der Waals surface area (Å²) in [6.07, 6.45) is 1.50. The smallest absolute Gasteiger partial charge is 0.277 e. The molecule has 0 spiro atoms. The molecule has 2 aromatic carbocycles. The lowest BCUT2D eigenvalue weighted by Crippen LogP contribution is -2.24. The van der Waals surface area contributed by atoms with E-state index < -0.39 is 5.91 Å². The molecule has 0 saturated heterocycles. The molecule has 27 heavy (non-hydrogen) atoms. The van der Waals surface area contributed by atoms with E-state index in [-0.39, 0.29) is 6.61 Å². The lowest BCUT2D eigenvalue weighted by Gasteiger charge is -2.11. The number of benzene rings is 2. The first-order valence-corrected chi connectivity index (χ1v) is 8.65. The number of nitrogens with one attached hydrogen (secondary N) is 1. The highest BCUT2D eigenvalue weighted by Gasteiger charge is 2.09. The monoisotopic (exact) mass is 372 g/mol. The highest BCUT2D eigenvalue weighted by molar-refractivity contribution is 5.86.